The molecule has 1 atom stereocenters. The first-order valence-electron chi connectivity index (χ1n) is 10.7. The van der Waals surface area contributed by atoms with Crippen molar-refractivity contribution in [1.82, 2.24) is 0 Å². The lowest BCUT2D eigenvalue weighted by Crippen LogP contribution is -2.23. The Morgan fingerprint density at radius 3 is 2.21 bits per heavy atom. The van der Waals surface area contributed by atoms with Crippen molar-refractivity contribution in [3.8, 4) is 0 Å². The van der Waals surface area contributed by atoms with E-state index in [1.165, 1.54) is 63.4 Å². The van der Waals surface area contributed by atoms with Crippen LogP contribution in [-0.2, 0) is 16.0 Å². The Morgan fingerprint density at radius 2 is 1.64 bits per heavy atom. The van der Waals surface area contributed by atoms with Gasteiger partial charge in [-0.05, 0) is 35.6 Å². The largest absolute Gasteiger partial charge is 0.481 e. The number of nitrogens with two attached hydrogens (primary N) is 1. The standard InChI is InChI=1S/C24H33NO3/c1-2-3-4-5-6-7-8-9-10-11-12-18-13-14-20-19(15-18)16-22(25)21(17-26)23(20)24(27)28/h13-16,23H,2-12,25H2,1H3,(H,27,28). The van der Waals surface area contributed by atoms with Crippen LogP contribution in [-0.4, -0.2) is 17.0 Å². The Balaban J connectivity index is 1.81. The van der Waals surface area contributed by atoms with Crippen LogP contribution in [0, 0.1) is 0 Å². The molecule has 1 aromatic carbocycles. The number of allylic oxidation sites excluding steroid dienone is 1. The Morgan fingerprint density at radius 1 is 1.04 bits per heavy atom. The van der Waals surface area contributed by atoms with Gasteiger partial charge in [-0.3, -0.25) is 4.79 Å². The molecule has 1 aromatic rings. The number of carboxylic acid groups (broad SMARTS) is 1. The smallest absolute Gasteiger partial charge is 0.316 e. The Hall–Kier alpha value is -2.32. The molecule has 1 aliphatic carbocycles. The first-order valence-corrected chi connectivity index (χ1v) is 10.7. The molecule has 1 aliphatic rings. The lowest BCUT2D eigenvalue weighted by molar-refractivity contribution is -0.137. The van der Waals surface area contributed by atoms with Gasteiger partial charge in [0.05, 0.1) is 5.57 Å². The van der Waals surface area contributed by atoms with Crippen LogP contribution in [0.25, 0.3) is 6.08 Å². The normalized spacial score (nSPS) is 15.7. The predicted molar refractivity (Wildman–Crippen MR) is 114 cm³/mol. The monoisotopic (exact) mass is 383 g/mol. The van der Waals surface area contributed by atoms with Crippen molar-refractivity contribution in [3.05, 3.63) is 46.2 Å². The Labute approximate surface area is 168 Å². The second-order valence-electron chi connectivity index (χ2n) is 7.78. The fourth-order valence-corrected chi connectivity index (χ4v) is 3.93. The van der Waals surface area contributed by atoms with Crippen LogP contribution in [0.2, 0.25) is 0 Å². The maximum atomic E-state index is 11.6. The molecule has 28 heavy (non-hydrogen) atoms. The van der Waals surface area contributed by atoms with Crippen LogP contribution in [0.15, 0.2) is 29.5 Å². The van der Waals surface area contributed by atoms with E-state index < -0.39 is 11.9 Å². The summed E-state index contributed by atoms with van der Waals surface area (Å²) in [7, 11) is 0. The number of hydrogen-bond donors (Lipinski definition) is 2. The number of carbonyl (C=O) groups excluding carboxylic acids is 1. The van der Waals surface area contributed by atoms with Gasteiger partial charge in [-0.1, -0.05) is 82.9 Å². The molecule has 1 unspecified atom stereocenters. The molecule has 0 bridgehead atoms. The van der Waals surface area contributed by atoms with E-state index in [1.807, 2.05) is 18.2 Å². The zero-order chi connectivity index (χ0) is 20.4. The third-order valence-corrected chi connectivity index (χ3v) is 5.55. The van der Waals surface area contributed by atoms with E-state index in [9.17, 15) is 14.7 Å². The fourth-order valence-electron chi connectivity index (χ4n) is 3.93. The van der Waals surface area contributed by atoms with Crippen LogP contribution in [0.3, 0.4) is 0 Å². The highest BCUT2D eigenvalue weighted by Gasteiger charge is 2.32. The molecule has 3 N–H and O–H groups in total. The summed E-state index contributed by atoms with van der Waals surface area (Å²) in [4.78, 5) is 22.7. The third kappa shape index (κ3) is 6.10. The molecule has 4 heteroatoms. The van der Waals surface area contributed by atoms with E-state index in [4.69, 9.17) is 5.73 Å². The summed E-state index contributed by atoms with van der Waals surface area (Å²) >= 11 is 0. The lowest BCUT2D eigenvalue weighted by Gasteiger charge is -2.22. The van der Waals surface area contributed by atoms with E-state index >= 15 is 0 Å². The topological polar surface area (TPSA) is 80.4 Å². The minimum absolute atomic E-state index is 0.0162. The van der Waals surface area contributed by atoms with Gasteiger partial charge in [-0.15, -0.1) is 0 Å². The van der Waals surface area contributed by atoms with Crippen molar-refractivity contribution in [2.75, 3.05) is 0 Å². The van der Waals surface area contributed by atoms with Crippen molar-refractivity contribution in [2.45, 2.75) is 83.5 Å². The zero-order valence-electron chi connectivity index (χ0n) is 17.0. The third-order valence-electron chi connectivity index (χ3n) is 5.55. The first-order chi connectivity index (χ1) is 13.6. The van der Waals surface area contributed by atoms with Crippen LogP contribution in [0.5, 0.6) is 0 Å². The molecule has 0 amide bonds. The van der Waals surface area contributed by atoms with Gasteiger partial charge in [0, 0.05) is 5.70 Å². The van der Waals surface area contributed by atoms with Crippen molar-refractivity contribution < 1.29 is 14.7 Å². The first kappa shape index (κ1) is 22.0. The second kappa shape index (κ2) is 11.5. The second-order valence-corrected chi connectivity index (χ2v) is 7.78. The number of benzene rings is 1. The highest BCUT2D eigenvalue weighted by molar-refractivity contribution is 5.91. The molecule has 0 saturated heterocycles. The van der Waals surface area contributed by atoms with E-state index in [1.54, 1.807) is 12.0 Å². The van der Waals surface area contributed by atoms with Gasteiger partial charge < -0.3 is 10.8 Å². The van der Waals surface area contributed by atoms with Crippen molar-refractivity contribution >= 4 is 18.0 Å². The average molecular weight is 384 g/mol. The summed E-state index contributed by atoms with van der Waals surface area (Å²) < 4.78 is 0. The van der Waals surface area contributed by atoms with Gasteiger partial charge in [0.25, 0.3) is 0 Å². The van der Waals surface area contributed by atoms with Gasteiger partial charge in [0.1, 0.15) is 11.9 Å². The summed E-state index contributed by atoms with van der Waals surface area (Å²) in [6.45, 7) is 2.25. The van der Waals surface area contributed by atoms with E-state index in [0.29, 0.717) is 5.56 Å². The number of unbranched alkanes of at least 4 members (excludes halogenated alkanes) is 9. The number of aliphatic carboxylic acids is 1. The molecule has 0 aliphatic heterocycles. The molecule has 4 nitrogen and oxygen atoms in total. The highest BCUT2D eigenvalue weighted by Crippen LogP contribution is 2.35. The van der Waals surface area contributed by atoms with Crippen molar-refractivity contribution in [2.24, 2.45) is 5.73 Å². The summed E-state index contributed by atoms with van der Waals surface area (Å²) in [5.74, 6) is -0.390. The van der Waals surface area contributed by atoms with Crippen molar-refractivity contribution in [3.63, 3.8) is 0 Å². The number of hydrogen-bond acceptors (Lipinski definition) is 3. The molecule has 0 saturated carbocycles. The van der Waals surface area contributed by atoms with E-state index in [0.717, 1.165) is 18.4 Å². The summed E-state index contributed by atoms with van der Waals surface area (Å²) in [5.41, 5.74) is 8.71. The van der Waals surface area contributed by atoms with Crippen LogP contribution >= 0.6 is 0 Å². The maximum absolute atomic E-state index is 11.6. The molecule has 152 valence electrons. The molecular weight excluding hydrogens is 350 g/mol. The van der Waals surface area contributed by atoms with Gasteiger partial charge in [-0.25, -0.2) is 4.79 Å². The van der Waals surface area contributed by atoms with E-state index in [2.05, 4.69) is 6.92 Å². The average Bonchev–Trinajstić information content (AvgIpc) is 2.68. The molecular formula is C24H33NO3. The van der Waals surface area contributed by atoms with Crippen LogP contribution in [0.1, 0.15) is 93.7 Å². The quantitative estimate of drug-likeness (QED) is 0.374. The zero-order valence-corrected chi connectivity index (χ0v) is 17.0. The van der Waals surface area contributed by atoms with Crippen LogP contribution < -0.4 is 5.73 Å². The highest BCUT2D eigenvalue weighted by atomic mass is 16.4. The fraction of sp³-hybridized carbons (Fsp3) is 0.542. The molecule has 0 radical (unpaired) electrons. The van der Waals surface area contributed by atoms with Gasteiger partial charge in [0.2, 0.25) is 0 Å². The molecule has 0 spiro atoms. The predicted octanol–water partition coefficient (Wildman–Crippen LogP) is 5.39. The molecule has 0 heterocycles. The van der Waals surface area contributed by atoms with Gasteiger partial charge >= 0.3 is 5.97 Å². The van der Waals surface area contributed by atoms with Crippen molar-refractivity contribution in [1.29, 1.82) is 0 Å². The van der Waals surface area contributed by atoms with Crippen LogP contribution in [0.4, 0.5) is 0 Å². The maximum Gasteiger partial charge on any atom is 0.316 e. The van der Waals surface area contributed by atoms with E-state index in [-0.39, 0.29) is 11.3 Å². The minimum Gasteiger partial charge on any atom is -0.481 e. The number of rotatable bonds is 12. The minimum atomic E-state index is -1.07. The van der Waals surface area contributed by atoms with Gasteiger partial charge in [0.15, 0.2) is 0 Å². The Bertz CT molecular complexity index is 744. The number of aryl methyl sites for hydroxylation is 1. The lowest BCUT2D eigenvalue weighted by atomic mass is 9.81. The molecule has 0 fully saturated rings. The Kier molecular flexibility index (Phi) is 9.03. The number of fused-ring (bicyclic) bond motifs is 1. The molecule has 2 rings (SSSR count). The number of carbonyl (C=O) groups is 1. The van der Waals surface area contributed by atoms with Gasteiger partial charge in [-0.2, -0.15) is 0 Å². The SMILES string of the molecule is CCCCCCCCCCCCc1ccc2c(c1)C=C(N)C(=C=O)C2C(=O)O. The summed E-state index contributed by atoms with van der Waals surface area (Å²) in [6.07, 6.45) is 15.7. The molecule has 0 aromatic heterocycles. The summed E-state index contributed by atoms with van der Waals surface area (Å²) in [5, 5.41) is 9.50. The summed E-state index contributed by atoms with van der Waals surface area (Å²) in [6, 6.07) is 5.80. The number of carboxylic acids is 1.